The van der Waals surface area contributed by atoms with Gasteiger partial charge in [-0.25, -0.2) is 4.98 Å². The van der Waals surface area contributed by atoms with Crippen molar-refractivity contribution in [2.75, 3.05) is 17.7 Å². The third kappa shape index (κ3) is 2.44. The molecular formula is C12H14N4O. The second kappa shape index (κ2) is 4.69. The number of benzene rings is 1. The molecule has 5 heteroatoms. The number of nitrogens with one attached hydrogen (secondary N) is 3. The average Bonchev–Trinajstić information content (AvgIpc) is 2.81. The van der Waals surface area contributed by atoms with Gasteiger partial charge in [-0.05, 0) is 19.1 Å². The van der Waals surface area contributed by atoms with E-state index in [4.69, 9.17) is 0 Å². The van der Waals surface area contributed by atoms with Crippen LogP contribution in [0.2, 0.25) is 0 Å². The monoisotopic (exact) mass is 230 g/mol. The van der Waals surface area contributed by atoms with E-state index in [0.29, 0.717) is 11.5 Å². The minimum atomic E-state index is -0.187. The normalized spacial score (nSPS) is 10.0. The number of carbonyl (C=O) groups excluding carboxylic acids is 1. The number of carbonyl (C=O) groups is 1. The van der Waals surface area contributed by atoms with Crippen LogP contribution in [0.15, 0.2) is 30.6 Å². The quantitative estimate of drug-likeness (QED) is 0.755. The molecule has 1 aromatic heterocycles. The van der Waals surface area contributed by atoms with E-state index < -0.39 is 0 Å². The fraction of sp³-hybridized carbons (Fsp3) is 0.167. The van der Waals surface area contributed by atoms with Crippen molar-refractivity contribution in [2.45, 2.75) is 6.92 Å². The summed E-state index contributed by atoms with van der Waals surface area (Å²) >= 11 is 0. The summed E-state index contributed by atoms with van der Waals surface area (Å²) in [4.78, 5) is 18.8. The zero-order valence-corrected chi connectivity index (χ0v) is 9.74. The Kier molecular flexibility index (Phi) is 3.09. The highest BCUT2D eigenvalue weighted by atomic mass is 16.1. The van der Waals surface area contributed by atoms with Gasteiger partial charge in [0.15, 0.2) is 0 Å². The molecule has 2 rings (SSSR count). The van der Waals surface area contributed by atoms with Crippen LogP contribution in [0.1, 0.15) is 15.9 Å². The number of aromatic amines is 1. The van der Waals surface area contributed by atoms with E-state index in [-0.39, 0.29) is 5.91 Å². The van der Waals surface area contributed by atoms with Crippen LogP contribution in [-0.2, 0) is 0 Å². The summed E-state index contributed by atoms with van der Waals surface area (Å²) in [5.74, 6) is 0.256. The second-order valence-corrected chi connectivity index (χ2v) is 3.69. The number of H-pyrrole nitrogens is 1. The van der Waals surface area contributed by atoms with Crippen LogP contribution in [0.3, 0.4) is 0 Å². The number of hydrogen-bond acceptors (Lipinski definition) is 3. The molecule has 88 valence electrons. The molecular weight excluding hydrogens is 216 g/mol. The van der Waals surface area contributed by atoms with Gasteiger partial charge in [-0.1, -0.05) is 11.6 Å². The maximum atomic E-state index is 12.0. The number of aryl methyl sites for hydroxylation is 1. The predicted octanol–water partition coefficient (Wildman–Crippen LogP) is 2.01. The van der Waals surface area contributed by atoms with Crippen LogP contribution < -0.4 is 10.6 Å². The Morgan fingerprint density at radius 1 is 1.41 bits per heavy atom. The molecule has 3 N–H and O–H groups in total. The topological polar surface area (TPSA) is 69.8 Å². The van der Waals surface area contributed by atoms with E-state index in [1.54, 1.807) is 19.4 Å². The smallest absolute Gasteiger partial charge is 0.260 e. The van der Waals surface area contributed by atoms with Crippen molar-refractivity contribution in [1.29, 1.82) is 0 Å². The SMILES string of the molecule is CNc1ccc(C)cc1C(=O)Nc1ncc[nH]1. The van der Waals surface area contributed by atoms with Crippen LogP contribution in [0, 0.1) is 6.92 Å². The first kappa shape index (κ1) is 11.2. The van der Waals surface area contributed by atoms with Gasteiger partial charge in [0, 0.05) is 25.1 Å². The molecule has 2 aromatic rings. The highest BCUT2D eigenvalue weighted by Gasteiger charge is 2.11. The van der Waals surface area contributed by atoms with E-state index in [9.17, 15) is 4.79 Å². The molecule has 0 saturated heterocycles. The molecule has 17 heavy (non-hydrogen) atoms. The van der Waals surface area contributed by atoms with E-state index in [0.717, 1.165) is 11.3 Å². The summed E-state index contributed by atoms with van der Waals surface area (Å²) in [7, 11) is 1.79. The average molecular weight is 230 g/mol. The van der Waals surface area contributed by atoms with Crippen molar-refractivity contribution in [2.24, 2.45) is 0 Å². The Bertz CT molecular complexity index is 519. The molecule has 0 bridgehead atoms. The Balaban J connectivity index is 2.26. The summed E-state index contributed by atoms with van der Waals surface area (Å²) in [6.07, 6.45) is 3.25. The molecule has 0 aliphatic rings. The molecule has 0 aliphatic carbocycles. The lowest BCUT2D eigenvalue weighted by molar-refractivity contribution is 0.102. The molecule has 0 unspecified atom stereocenters. The van der Waals surface area contributed by atoms with Gasteiger partial charge in [-0.3, -0.25) is 10.1 Å². The minimum Gasteiger partial charge on any atom is -0.387 e. The summed E-state index contributed by atoms with van der Waals surface area (Å²) in [5.41, 5.74) is 2.43. The van der Waals surface area contributed by atoms with Gasteiger partial charge in [-0.15, -0.1) is 0 Å². The van der Waals surface area contributed by atoms with Crippen molar-refractivity contribution in [3.63, 3.8) is 0 Å². The van der Waals surface area contributed by atoms with Gasteiger partial charge >= 0.3 is 0 Å². The third-order valence-electron chi connectivity index (χ3n) is 2.42. The van der Waals surface area contributed by atoms with E-state index in [1.165, 1.54) is 0 Å². The molecule has 1 heterocycles. The standard InChI is InChI=1S/C12H14N4O/c1-8-3-4-10(13-2)9(7-8)11(17)16-12-14-5-6-15-12/h3-7,13H,1-2H3,(H2,14,15,16,17). The van der Waals surface area contributed by atoms with Crippen LogP contribution >= 0.6 is 0 Å². The lowest BCUT2D eigenvalue weighted by Gasteiger charge is -2.09. The fourth-order valence-corrected chi connectivity index (χ4v) is 1.57. The molecule has 5 nitrogen and oxygen atoms in total. The second-order valence-electron chi connectivity index (χ2n) is 3.69. The van der Waals surface area contributed by atoms with Gasteiger partial charge in [0.1, 0.15) is 0 Å². The molecule has 1 amide bonds. The number of rotatable bonds is 3. The fourth-order valence-electron chi connectivity index (χ4n) is 1.57. The maximum Gasteiger partial charge on any atom is 0.260 e. The van der Waals surface area contributed by atoms with Crippen molar-refractivity contribution < 1.29 is 4.79 Å². The van der Waals surface area contributed by atoms with Crippen LogP contribution in [0.25, 0.3) is 0 Å². The van der Waals surface area contributed by atoms with Gasteiger partial charge < -0.3 is 10.3 Å². The molecule has 0 atom stereocenters. The van der Waals surface area contributed by atoms with Gasteiger partial charge in [0.25, 0.3) is 5.91 Å². The molecule has 0 spiro atoms. The minimum absolute atomic E-state index is 0.187. The lowest BCUT2D eigenvalue weighted by Crippen LogP contribution is -2.15. The molecule has 1 aromatic carbocycles. The van der Waals surface area contributed by atoms with E-state index in [2.05, 4.69) is 20.6 Å². The first-order valence-electron chi connectivity index (χ1n) is 5.30. The van der Waals surface area contributed by atoms with Crippen LogP contribution in [-0.4, -0.2) is 22.9 Å². The zero-order valence-electron chi connectivity index (χ0n) is 9.74. The number of anilines is 2. The highest BCUT2D eigenvalue weighted by molar-refractivity contribution is 6.07. The number of amides is 1. The largest absolute Gasteiger partial charge is 0.387 e. The Hall–Kier alpha value is -2.30. The van der Waals surface area contributed by atoms with Crippen molar-refractivity contribution in [3.05, 3.63) is 41.7 Å². The summed E-state index contributed by atoms with van der Waals surface area (Å²) < 4.78 is 0. The van der Waals surface area contributed by atoms with Crippen molar-refractivity contribution in [1.82, 2.24) is 9.97 Å². The third-order valence-corrected chi connectivity index (χ3v) is 2.42. The Labute approximate surface area is 99.3 Å². The zero-order chi connectivity index (χ0) is 12.3. The molecule has 0 radical (unpaired) electrons. The van der Waals surface area contributed by atoms with Gasteiger partial charge in [-0.2, -0.15) is 0 Å². The number of nitrogens with zero attached hydrogens (tertiary/aromatic N) is 1. The maximum absolute atomic E-state index is 12.0. The van der Waals surface area contributed by atoms with E-state index >= 15 is 0 Å². The van der Waals surface area contributed by atoms with Crippen LogP contribution in [0.4, 0.5) is 11.6 Å². The first-order chi connectivity index (χ1) is 8.20. The molecule has 0 saturated carbocycles. The number of imidazole rings is 1. The highest BCUT2D eigenvalue weighted by Crippen LogP contribution is 2.17. The summed E-state index contributed by atoms with van der Waals surface area (Å²) in [6.45, 7) is 1.95. The molecule has 0 aliphatic heterocycles. The molecule has 0 fully saturated rings. The predicted molar refractivity (Wildman–Crippen MR) is 67.3 cm³/mol. The first-order valence-corrected chi connectivity index (χ1v) is 5.30. The summed E-state index contributed by atoms with van der Waals surface area (Å²) in [5, 5.41) is 5.69. The Morgan fingerprint density at radius 2 is 2.24 bits per heavy atom. The summed E-state index contributed by atoms with van der Waals surface area (Å²) in [6, 6.07) is 5.67. The number of aromatic nitrogens is 2. The van der Waals surface area contributed by atoms with E-state index in [1.807, 2.05) is 25.1 Å². The number of hydrogen-bond donors (Lipinski definition) is 3. The lowest BCUT2D eigenvalue weighted by atomic mass is 10.1. The van der Waals surface area contributed by atoms with Crippen molar-refractivity contribution >= 4 is 17.5 Å². The van der Waals surface area contributed by atoms with Crippen LogP contribution in [0.5, 0.6) is 0 Å². The van der Waals surface area contributed by atoms with Crippen molar-refractivity contribution in [3.8, 4) is 0 Å². The van der Waals surface area contributed by atoms with Gasteiger partial charge in [0.2, 0.25) is 5.95 Å². The van der Waals surface area contributed by atoms with Gasteiger partial charge in [0.05, 0.1) is 5.56 Å². The Morgan fingerprint density at radius 3 is 2.88 bits per heavy atom.